The summed E-state index contributed by atoms with van der Waals surface area (Å²) < 4.78 is 85.5. The number of aryl methyl sites for hydroxylation is 1. The normalized spacial score (nSPS) is 18.3. The van der Waals surface area contributed by atoms with Gasteiger partial charge in [0.25, 0.3) is 0 Å². The summed E-state index contributed by atoms with van der Waals surface area (Å²) in [4.78, 5) is 72.9. The van der Waals surface area contributed by atoms with Gasteiger partial charge in [0.1, 0.15) is 41.3 Å². The molecular weight excluding hydrogens is 936 g/mol. The van der Waals surface area contributed by atoms with E-state index in [0.29, 0.717) is 33.9 Å². The predicted molar refractivity (Wildman–Crippen MR) is 231 cm³/mol. The molecule has 0 bridgehead atoms. The number of pyridine rings is 2. The lowest BCUT2D eigenvalue weighted by atomic mass is 10.0. The van der Waals surface area contributed by atoms with Gasteiger partial charge in [0.05, 0.1) is 48.4 Å². The van der Waals surface area contributed by atoms with E-state index in [4.69, 9.17) is 20.3 Å². The zero-order valence-corrected chi connectivity index (χ0v) is 38.5. The first-order valence-electron chi connectivity index (χ1n) is 20.5. The number of hydrogen-bond acceptors (Lipinski definition) is 15. The number of carbonyl (C=O) groups is 4. The number of alkyl halides is 6. The van der Waals surface area contributed by atoms with Crippen molar-refractivity contribution in [1.82, 2.24) is 39.7 Å². The number of aliphatic hydroxyl groups excluding tert-OH is 2. The van der Waals surface area contributed by atoms with Crippen molar-refractivity contribution in [3.05, 3.63) is 84.2 Å². The molecule has 0 aliphatic carbocycles. The molecule has 372 valence electrons. The van der Waals surface area contributed by atoms with E-state index in [1.165, 1.54) is 29.7 Å². The number of rotatable bonds is 8. The Morgan fingerprint density at radius 3 is 1.46 bits per heavy atom. The summed E-state index contributed by atoms with van der Waals surface area (Å²) in [6, 6.07) is 5.78. The molecule has 4 aromatic heterocycles. The number of nitrogens with zero attached hydrogens (tertiary/aromatic N) is 8. The van der Waals surface area contributed by atoms with Gasteiger partial charge in [0, 0.05) is 55.0 Å². The Balaban J connectivity index is 0.000000295. The molecule has 6 rings (SSSR count). The fraction of sp³-hybridized carbons (Fsp3) is 0.488. The molecule has 2 fully saturated rings. The number of carboxylic acid groups (broad SMARTS) is 1. The fourth-order valence-corrected chi connectivity index (χ4v) is 6.41. The number of carbonyl (C=O) groups excluding carboxylic acids is 3. The SMILES string of the molecule is CC(C)(C)OC(=O)N1C[C@H](O)C[C@H]1C(=O)CCc1cc(-c2ccc(C(F)(F)F)nc2)ncn1.CC(C)(C)OC(=O)N1C[C@H](O)C[C@H]1C(=O)O.Cl.NCc1cc(-c2ccc(C(F)(F)F)nc2)ncn1. The molecule has 4 atom stereocenters. The van der Waals surface area contributed by atoms with Crippen LogP contribution in [0.15, 0.2) is 61.4 Å². The van der Waals surface area contributed by atoms with Gasteiger partial charge in [-0.05, 0) is 84.4 Å². The van der Waals surface area contributed by atoms with E-state index in [2.05, 4.69) is 29.9 Å². The average molecular weight is 988 g/mol. The van der Waals surface area contributed by atoms with Gasteiger partial charge in [0.2, 0.25) is 0 Å². The van der Waals surface area contributed by atoms with Crippen LogP contribution in [0.5, 0.6) is 0 Å². The molecule has 18 nitrogen and oxygen atoms in total. The highest BCUT2D eigenvalue weighted by molar-refractivity contribution is 5.88. The van der Waals surface area contributed by atoms with Crippen molar-refractivity contribution >= 4 is 36.3 Å². The van der Waals surface area contributed by atoms with Gasteiger partial charge in [-0.1, -0.05) is 0 Å². The van der Waals surface area contributed by atoms with Crippen molar-refractivity contribution in [3.63, 3.8) is 0 Å². The molecular formula is C43H52ClF6N9O9. The summed E-state index contributed by atoms with van der Waals surface area (Å²) in [6.07, 6.45) is -6.68. The minimum absolute atomic E-state index is 0. The standard InChI is InChI=1S/C22H25F3N4O4.C11H9F3N4.C10H17NO5.ClH/c1-21(2,3)33-20(32)29-11-15(30)9-17(29)18(31)6-5-14-8-16(28-12-27-14)13-4-7-19(26-10-13)22(23,24)25;12-11(13,14)10-2-1-7(5-16-10)9-3-8(4-15)17-6-18-9;1-10(2,3)16-9(15)11-5-6(12)4-7(11)8(13)14;/h4,7-8,10,12,15,17,30H,5-6,9,11H2,1-3H3;1-3,5-6H,4,15H2;6-7,12H,4-5H2,1-3H3,(H,13,14);1H/t15-,17+;;6-,7+;/m1.1./s1. The number of likely N-dealkylation sites (tertiary alicyclic amines) is 2. The summed E-state index contributed by atoms with van der Waals surface area (Å²) in [5, 5.41) is 28.2. The quantitative estimate of drug-likeness (QED) is 0.141. The van der Waals surface area contributed by atoms with Crippen molar-refractivity contribution in [3.8, 4) is 22.5 Å². The molecule has 0 aromatic carbocycles. The summed E-state index contributed by atoms with van der Waals surface area (Å²) >= 11 is 0. The highest BCUT2D eigenvalue weighted by Gasteiger charge is 2.42. The number of amides is 2. The van der Waals surface area contributed by atoms with Crippen LogP contribution in [-0.2, 0) is 44.4 Å². The summed E-state index contributed by atoms with van der Waals surface area (Å²) in [5.74, 6) is -1.36. The van der Waals surface area contributed by atoms with Crippen LogP contribution in [0.3, 0.4) is 0 Å². The van der Waals surface area contributed by atoms with E-state index in [0.717, 1.165) is 29.4 Å². The van der Waals surface area contributed by atoms with Crippen molar-refractivity contribution in [2.24, 2.45) is 5.73 Å². The number of aromatic nitrogens is 6. The number of Topliss-reactive ketones (excluding diaryl/α,β-unsaturated/α-hetero) is 1. The lowest BCUT2D eigenvalue weighted by molar-refractivity contribution is -0.142. The second-order valence-electron chi connectivity index (χ2n) is 17.2. The minimum Gasteiger partial charge on any atom is -0.480 e. The molecule has 0 radical (unpaired) electrons. The Kier molecular flexibility index (Phi) is 19.2. The van der Waals surface area contributed by atoms with Gasteiger partial charge in [-0.15, -0.1) is 12.4 Å². The smallest absolute Gasteiger partial charge is 0.433 e. The number of aliphatic carboxylic acids is 1. The summed E-state index contributed by atoms with van der Waals surface area (Å²) in [7, 11) is 0. The summed E-state index contributed by atoms with van der Waals surface area (Å²) in [6.45, 7) is 10.5. The van der Waals surface area contributed by atoms with Crippen LogP contribution in [0.25, 0.3) is 22.5 Å². The van der Waals surface area contributed by atoms with Gasteiger partial charge < -0.3 is 30.5 Å². The molecule has 6 heterocycles. The molecule has 2 aliphatic rings. The Morgan fingerprint density at radius 2 is 1.07 bits per heavy atom. The minimum atomic E-state index is -4.53. The van der Waals surface area contributed by atoms with Gasteiger partial charge in [-0.2, -0.15) is 26.3 Å². The maximum atomic E-state index is 12.8. The Labute approximate surface area is 392 Å². The lowest BCUT2D eigenvalue weighted by Gasteiger charge is -2.27. The van der Waals surface area contributed by atoms with Crippen LogP contribution in [0.2, 0.25) is 0 Å². The summed E-state index contributed by atoms with van der Waals surface area (Å²) in [5.41, 5.74) is 4.94. The molecule has 2 saturated heterocycles. The number of carboxylic acids is 1. The third-order valence-electron chi connectivity index (χ3n) is 9.45. The molecule has 0 unspecified atom stereocenters. The van der Waals surface area contributed by atoms with Gasteiger partial charge in [0.15, 0.2) is 5.78 Å². The van der Waals surface area contributed by atoms with Crippen LogP contribution in [0, 0.1) is 0 Å². The maximum Gasteiger partial charge on any atom is 0.433 e. The van der Waals surface area contributed by atoms with E-state index >= 15 is 0 Å². The van der Waals surface area contributed by atoms with Crippen molar-refractivity contribution in [2.45, 2.75) is 122 Å². The number of ketones is 1. The predicted octanol–water partition coefficient (Wildman–Crippen LogP) is 6.31. The molecule has 5 N–H and O–H groups in total. The largest absolute Gasteiger partial charge is 0.480 e. The molecule has 25 heteroatoms. The van der Waals surface area contributed by atoms with Crippen molar-refractivity contribution in [1.29, 1.82) is 0 Å². The first-order valence-corrected chi connectivity index (χ1v) is 20.5. The van der Waals surface area contributed by atoms with Crippen LogP contribution in [0.4, 0.5) is 35.9 Å². The van der Waals surface area contributed by atoms with Crippen molar-refractivity contribution in [2.75, 3.05) is 13.1 Å². The Morgan fingerprint density at radius 1 is 0.662 bits per heavy atom. The van der Waals surface area contributed by atoms with E-state index in [1.807, 2.05) is 0 Å². The van der Waals surface area contributed by atoms with Crippen LogP contribution >= 0.6 is 12.4 Å². The van der Waals surface area contributed by atoms with Crippen molar-refractivity contribution < 1.29 is 70.3 Å². The molecule has 2 amide bonds. The van der Waals surface area contributed by atoms with E-state index in [9.17, 15) is 55.7 Å². The number of ether oxygens (including phenoxy) is 2. The van der Waals surface area contributed by atoms with Crippen LogP contribution in [0.1, 0.15) is 83.6 Å². The zero-order valence-electron chi connectivity index (χ0n) is 37.7. The molecule has 0 saturated carbocycles. The lowest BCUT2D eigenvalue weighted by Crippen LogP contribution is -2.43. The number of hydrogen-bond donors (Lipinski definition) is 4. The van der Waals surface area contributed by atoms with Gasteiger partial charge in [-0.25, -0.2) is 34.3 Å². The number of aliphatic hydroxyl groups is 2. The zero-order chi connectivity index (χ0) is 50.1. The highest BCUT2D eigenvalue weighted by Crippen LogP contribution is 2.30. The van der Waals surface area contributed by atoms with Gasteiger partial charge in [-0.3, -0.25) is 24.6 Å². The number of halogens is 7. The molecule has 0 spiro atoms. The van der Waals surface area contributed by atoms with Crippen LogP contribution < -0.4 is 5.73 Å². The van der Waals surface area contributed by atoms with Gasteiger partial charge >= 0.3 is 30.5 Å². The molecule has 68 heavy (non-hydrogen) atoms. The molecule has 4 aromatic rings. The topological polar surface area (TPSA) is 257 Å². The maximum absolute atomic E-state index is 12.8. The number of β-amino-alcohol motifs (C(OH)–C–C–N with tert-alkyl or cyclic N) is 2. The third-order valence-corrected chi connectivity index (χ3v) is 9.45. The van der Waals surface area contributed by atoms with E-state index in [-0.39, 0.29) is 63.5 Å². The van der Waals surface area contributed by atoms with Crippen LogP contribution in [-0.4, -0.2) is 128 Å². The number of nitrogens with two attached hydrogens (primary N) is 1. The first-order chi connectivity index (χ1) is 31.0. The molecule has 2 aliphatic heterocycles. The Bertz CT molecular complexity index is 2330. The Hall–Kier alpha value is -6.11. The van der Waals surface area contributed by atoms with E-state index < -0.39 is 77.4 Å². The van der Waals surface area contributed by atoms with E-state index in [1.54, 1.807) is 53.7 Å². The second kappa shape index (κ2) is 23.3. The highest BCUT2D eigenvalue weighted by atomic mass is 35.5. The first kappa shape index (κ1) is 56.2. The monoisotopic (exact) mass is 987 g/mol. The average Bonchev–Trinajstić information content (AvgIpc) is 3.85. The third kappa shape index (κ3) is 16.9. The second-order valence-corrected chi connectivity index (χ2v) is 17.2. The fourth-order valence-electron chi connectivity index (χ4n) is 6.41.